The molecule has 1 aromatic rings. The standard InChI is InChI=1S/C20H25NO6/c1-3-5-6-14(4-2)12-25-18(22)15-7-9-16(10-8-15)21-11-17-19(23)26-13-27-20(17)24/h7-11,14,21H,3-6,12-13H2,1-2H3. The van der Waals surface area contributed by atoms with E-state index in [1.54, 1.807) is 24.3 Å². The minimum atomic E-state index is -0.743. The summed E-state index contributed by atoms with van der Waals surface area (Å²) >= 11 is 0. The third-order valence-electron chi connectivity index (χ3n) is 4.32. The fraction of sp³-hybridized carbons (Fsp3) is 0.450. The first-order chi connectivity index (χ1) is 13.0. The molecule has 0 bridgehead atoms. The molecule has 0 aromatic heterocycles. The SMILES string of the molecule is CCCCC(CC)COC(=O)c1ccc(NC=C2C(=O)OCOC2=O)cc1. The second-order valence-electron chi connectivity index (χ2n) is 6.28. The first kappa shape index (κ1) is 20.5. The fourth-order valence-corrected chi connectivity index (χ4v) is 2.53. The van der Waals surface area contributed by atoms with Crippen molar-refractivity contribution < 1.29 is 28.6 Å². The van der Waals surface area contributed by atoms with E-state index < -0.39 is 11.9 Å². The van der Waals surface area contributed by atoms with Gasteiger partial charge in [0.15, 0.2) is 5.57 Å². The molecule has 146 valence electrons. The van der Waals surface area contributed by atoms with Gasteiger partial charge in [0.25, 0.3) is 0 Å². The van der Waals surface area contributed by atoms with Crippen molar-refractivity contribution in [3.05, 3.63) is 41.6 Å². The topological polar surface area (TPSA) is 90.9 Å². The summed E-state index contributed by atoms with van der Waals surface area (Å²) in [5.74, 6) is -1.47. The number of carbonyl (C=O) groups is 3. The van der Waals surface area contributed by atoms with E-state index in [0.29, 0.717) is 23.8 Å². The van der Waals surface area contributed by atoms with E-state index in [-0.39, 0.29) is 18.3 Å². The third kappa shape index (κ3) is 6.13. The van der Waals surface area contributed by atoms with Gasteiger partial charge in [0.1, 0.15) is 0 Å². The number of benzene rings is 1. The molecule has 1 aliphatic rings. The van der Waals surface area contributed by atoms with E-state index in [1.807, 2.05) is 0 Å². The highest BCUT2D eigenvalue weighted by atomic mass is 16.7. The van der Waals surface area contributed by atoms with Crippen molar-refractivity contribution in [3.8, 4) is 0 Å². The molecule has 0 saturated carbocycles. The summed E-state index contributed by atoms with van der Waals surface area (Å²) in [6.45, 7) is 4.29. The molecule has 1 aromatic carbocycles. The van der Waals surface area contributed by atoms with Crippen molar-refractivity contribution in [1.82, 2.24) is 0 Å². The van der Waals surface area contributed by atoms with Crippen LogP contribution in [0.1, 0.15) is 49.9 Å². The Hall–Kier alpha value is -2.83. The van der Waals surface area contributed by atoms with Crippen LogP contribution in [0.15, 0.2) is 36.0 Å². The number of cyclic esters (lactones) is 2. The number of anilines is 1. The summed E-state index contributed by atoms with van der Waals surface area (Å²) in [7, 11) is 0. The Balaban J connectivity index is 1.89. The van der Waals surface area contributed by atoms with Crippen LogP contribution in [0, 0.1) is 5.92 Å². The van der Waals surface area contributed by atoms with Crippen LogP contribution < -0.4 is 5.32 Å². The maximum Gasteiger partial charge on any atom is 0.349 e. The van der Waals surface area contributed by atoms with Crippen LogP contribution in [-0.4, -0.2) is 31.3 Å². The second-order valence-corrected chi connectivity index (χ2v) is 6.28. The molecule has 0 spiro atoms. The molecule has 0 amide bonds. The van der Waals surface area contributed by atoms with Gasteiger partial charge in [0.05, 0.1) is 12.2 Å². The Labute approximate surface area is 158 Å². The lowest BCUT2D eigenvalue weighted by atomic mass is 10.0. The van der Waals surface area contributed by atoms with E-state index in [0.717, 1.165) is 25.7 Å². The van der Waals surface area contributed by atoms with Gasteiger partial charge in [-0.1, -0.05) is 33.1 Å². The van der Waals surface area contributed by atoms with Gasteiger partial charge < -0.3 is 19.5 Å². The second kappa shape index (κ2) is 10.4. The van der Waals surface area contributed by atoms with Crippen molar-refractivity contribution >= 4 is 23.6 Å². The zero-order valence-electron chi connectivity index (χ0n) is 15.7. The first-order valence-corrected chi connectivity index (χ1v) is 9.13. The average Bonchev–Trinajstić information content (AvgIpc) is 2.68. The van der Waals surface area contributed by atoms with E-state index in [2.05, 4.69) is 28.6 Å². The maximum absolute atomic E-state index is 12.2. The summed E-state index contributed by atoms with van der Waals surface area (Å²) < 4.78 is 14.7. The largest absolute Gasteiger partial charge is 0.462 e. The summed E-state index contributed by atoms with van der Waals surface area (Å²) in [5, 5.41) is 2.81. The van der Waals surface area contributed by atoms with Crippen LogP contribution in [-0.2, 0) is 23.8 Å². The van der Waals surface area contributed by atoms with Gasteiger partial charge in [-0.3, -0.25) is 0 Å². The quantitative estimate of drug-likeness (QED) is 0.402. The van der Waals surface area contributed by atoms with Gasteiger partial charge >= 0.3 is 17.9 Å². The van der Waals surface area contributed by atoms with Gasteiger partial charge in [0, 0.05) is 11.9 Å². The van der Waals surface area contributed by atoms with Crippen molar-refractivity contribution in [3.63, 3.8) is 0 Å². The van der Waals surface area contributed by atoms with Crippen LogP contribution in [0.25, 0.3) is 0 Å². The Morgan fingerprint density at radius 1 is 1.19 bits per heavy atom. The van der Waals surface area contributed by atoms with Gasteiger partial charge in [-0.25, -0.2) is 14.4 Å². The van der Waals surface area contributed by atoms with E-state index in [1.165, 1.54) is 6.20 Å². The number of esters is 3. The molecule has 27 heavy (non-hydrogen) atoms. The highest BCUT2D eigenvalue weighted by Gasteiger charge is 2.26. The number of carbonyl (C=O) groups excluding carboxylic acids is 3. The molecule has 1 N–H and O–H groups in total. The molecule has 1 unspecified atom stereocenters. The zero-order valence-corrected chi connectivity index (χ0v) is 15.7. The summed E-state index contributed by atoms with van der Waals surface area (Å²) in [6, 6.07) is 6.55. The number of ether oxygens (including phenoxy) is 3. The fourth-order valence-electron chi connectivity index (χ4n) is 2.53. The average molecular weight is 375 g/mol. The number of nitrogens with one attached hydrogen (secondary N) is 1. The van der Waals surface area contributed by atoms with Crippen LogP contribution in [0.5, 0.6) is 0 Å². The van der Waals surface area contributed by atoms with Gasteiger partial charge in [-0.15, -0.1) is 0 Å². The lowest BCUT2D eigenvalue weighted by molar-refractivity contribution is -0.172. The van der Waals surface area contributed by atoms with E-state index >= 15 is 0 Å². The van der Waals surface area contributed by atoms with Crippen molar-refractivity contribution in [2.75, 3.05) is 18.7 Å². The van der Waals surface area contributed by atoms with Crippen molar-refractivity contribution in [2.45, 2.75) is 39.5 Å². The molecular weight excluding hydrogens is 350 g/mol. The Morgan fingerprint density at radius 2 is 1.85 bits per heavy atom. The van der Waals surface area contributed by atoms with E-state index in [9.17, 15) is 14.4 Å². The predicted octanol–water partition coefficient (Wildman–Crippen LogP) is 3.41. The van der Waals surface area contributed by atoms with Crippen LogP contribution in [0.4, 0.5) is 5.69 Å². The Kier molecular flexibility index (Phi) is 7.85. The number of hydrogen-bond donors (Lipinski definition) is 1. The molecule has 2 rings (SSSR count). The molecule has 1 saturated heterocycles. The molecule has 1 aliphatic heterocycles. The van der Waals surface area contributed by atoms with Gasteiger partial charge in [-0.05, 0) is 36.6 Å². The van der Waals surface area contributed by atoms with E-state index in [4.69, 9.17) is 4.74 Å². The highest BCUT2D eigenvalue weighted by molar-refractivity contribution is 6.15. The molecule has 0 radical (unpaired) electrons. The molecule has 7 heteroatoms. The number of rotatable bonds is 9. The highest BCUT2D eigenvalue weighted by Crippen LogP contribution is 2.16. The van der Waals surface area contributed by atoms with Crippen molar-refractivity contribution in [1.29, 1.82) is 0 Å². The minimum absolute atomic E-state index is 0.220. The van der Waals surface area contributed by atoms with Crippen LogP contribution in [0.3, 0.4) is 0 Å². The summed E-state index contributed by atoms with van der Waals surface area (Å²) in [4.78, 5) is 35.2. The number of unbranched alkanes of at least 4 members (excludes halogenated alkanes) is 1. The lowest BCUT2D eigenvalue weighted by Gasteiger charge is -2.15. The minimum Gasteiger partial charge on any atom is -0.462 e. The smallest absolute Gasteiger partial charge is 0.349 e. The molecule has 1 heterocycles. The summed E-state index contributed by atoms with van der Waals surface area (Å²) in [6.07, 6.45) is 5.52. The van der Waals surface area contributed by atoms with Crippen LogP contribution in [0.2, 0.25) is 0 Å². The van der Waals surface area contributed by atoms with Gasteiger partial charge in [0.2, 0.25) is 6.79 Å². The predicted molar refractivity (Wildman–Crippen MR) is 98.8 cm³/mol. The Bertz CT molecular complexity index is 677. The van der Waals surface area contributed by atoms with Gasteiger partial charge in [-0.2, -0.15) is 0 Å². The normalized spacial score (nSPS) is 14.8. The monoisotopic (exact) mass is 375 g/mol. The maximum atomic E-state index is 12.2. The number of hydrogen-bond acceptors (Lipinski definition) is 7. The van der Waals surface area contributed by atoms with Crippen LogP contribution >= 0.6 is 0 Å². The molecule has 1 atom stereocenters. The molecule has 0 aliphatic carbocycles. The van der Waals surface area contributed by atoms with Crippen molar-refractivity contribution in [2.24, 2.45) is 5.92 Å². The molecular formula is C20H25NO6. The third-order valence-corrected chi connectivity index (χ3v) is 4.32. The lowest BCUT2D eigenvalue weighted by Crippen LogP contribution is -2.27. The first-order valence-electron chi connectivity index (χ1n) is 9.13. The Morgan fingerprint density at radius 3 is 2.44 bits per heavy atom. The molecule has 7 nitrogen and oxygen atoms in total. The molecule has 1 fully saturated rings. The summed E-state index contributed by atoms with van der Waals surface area (Å²) in [5.41, 5.74) is 0.817. The zero-order chi connectivity index (χ0) is 19.6.